The number of aromatic carboxylic acids is 1. The number of rotatable bonds is 5. The van der Waals surface area contributed by atoms with Crippen LogP contribution in [0.15, 0.2) is 33.8 Å². The summed E-state index contributed by atoms with van der Waals surface area (Å²) < 4.78 is 27.2. The maximum atomic E-state index is 12.3. The van der Waals surface area contributed by atoms with Gasteiger partial charge in [0.15, 0.2) is 0 Å². The fraction of sp³-hybridized carbons (Fsp3) is 0.167. The van der Waals surface area contributed by atoms with Crippen molar-refractivity contribution in [3.8, 4) is 0 Å². The quantitative estimate of drug-likeness (QED) is 0.737. The van der Waals surface area contributed by atoms with Gasteiger partial charge in [-0.2, -0.15) is 5.10 Å². The van der Waals surface area contributed by atoms with Crippen molar-refractivity contribution in [2.45, 2.75) is 18.4 Å². The molecule has 1 aromatic carbocycles. The zero-order valence-electron chi connectivity index (χ0n) is 10.9. The molecule has 0 saturated heterocycles. The molecule has 0 aliphatic heterocycles. The van der Waals surface area contributed by atoms with Gasteiger partial charge in [0.1, 0.15) is 0 Å². The molecule has 1 aromatic heterocycles. The minimum Gasteiger partial charge on any atom is -0.478 e. The number of aromatic nitrogens is 2. The van der Waals surface area contributed by atoms with Crippen molar-refractivity contribution in [2.75, 3.05) is 0 Å². The van der Waals surface area contributed by atoms with Crippen molar-refractivity contribution >= 4 is 31.9 Å². The molecular formula is C12H12BrN3O4S. The third kappa shape index (κ3) is 3.49. The van der Waals surface area contributed by atoms with Crippen LogP contribution >= 0.6 is 15.9 Å². The first-order valence-electron chi connectivity index (χ1n) is 5.82. The summed E-state index contributed by atoms with van der Waals surface area (Å²) in [5.74, 6) is -1.19. The average molecular weight is 374 g/mol. The second-order valence-electron chi connectivity index (χ2n) is 4.30. The lowest BCUT2D eigenvalue weighted by molar-refractivity contribution is 0.0696. The van der Waals surface area contributed by atoms with Crippen molar-refractivity contribution in [2.24, 2.45) is 0 Å². The van der Waals surface area contributed by atoms with Crippen molar-refractivity contribution < 1.29 is 18.3 Å². The van der Waals surface area contributed by atoms with E-state index in [4.69, 9.17) is 5.11 Å². The van der Waals surface area contributed by atoms with Gasteiger partial charge in [-0.1, -0.05) is 0 Å². The normalized spacial score (nSPS) is 11.5. The molecule has 9 heteroatoms. The summed E-state index contributed by atoms with van der Waals surface area (Å²) in [6.07, 6.45) is 1.53. The Morgan fingerprint density at radius 1 is 1.48 bits per heavy atom. The Labute approximate surface area is 129 Å². The highest BCUT2D eigenvalue weighted by Gasteiger charge is 2.20. The maximum Gasteiger partial charge on any atom is 0.335 e. The van der Waals surface area contributed by atoms with Gasteiger partial charge in [-0.3, -0.25) is 5.10 Å². The van der Waals surface area contributed by atoms with Crippen LogP contribution in [0, 0.1) is 6.92 Å². The molecule has 0 fully saturated rings. The van der Waals surface area contributed by atoms with Crippen LogP contribution < -0.4 is 4.72 Å². The number of hydrogen-bond donors (Lipinski definition) is 3. The zero-order valence-corrected chi connectivity index (χ0v) is 13.3. The van der Waals surface area contributed by atoms with Crippen LogP contribution in [0.2, 0.25) is 0 Å². The van der Waals surface area contributed by atoms with Crippen LogP contribution in [-0.4, -0.2) is 29.7 Å². The summed E-state index contributed by atoms with van der Waals surface area (Å²) in [4.78, 5) is 10.8. The number of carboxylic acid groups (broad SMARTS) is 1. The Morgan fingerprint density at radius 3 is 2.76 bits per heavy atom. The SMILES string of the molecule is Cc1[nH]ncc1CNS(=O)(=O)c1cc(C(=O)O)ccc1Br. The van der Waals surface area contributed by atoms with E-state index >= 15 is 0 Å². The molecule has 0 saturated carbocycles. The first kappa shape index (κ1) is 15.7. The Bertz CT molecular complexity index is 786. The van der Waals surface area contributed by atoms with E-state index < -0.39 is 16.0 Å². The molecule has 0 spiro atoms. The van der Waals surface area contributed by atoms with Gasteiger partial charge in [0.25, 0.3) is 0 Å². The number of sulfonamides is 1. The second kappa shape index (κ2) is 5.96. The predicted molar refractivity (Wildman–Crippen MR) is 78.5 cm³/mol. The summed E-state index contributed by atoms with van der Waals surface area (Å²) in [6.45, 7) is 1.84. The fourth-order valence-electron chi connectivity index (χ4n) is 1.65. The third-order valence-corrected chi connectivity index (χ3v) is 5.25. The lowest BCUT2D eigenvalue weighted by Gasteiger charge is -2.09. The van der Waals surface area contributed by atoms with Gasteiger partial charge >= 0.3 is 5.97 Å². The monoisotopic (exact) mass is 373 g/mol. The summed E-state index contributed by atoms with van der Waals surface area (Å²) >= 11 is 3.12. The Balaban J connectivity index is 2.29. The molecule has 1 heterocycles. The van der Waals surface area contributed by atoms with Crippen LogP contribution in [-0.2, 0) is 16.6 Å². The summed E-state index contributed by atoms with van der Waals surface area (Å²) in [7, 11) is -3.84. The minimum absolute atomic E-state index is 0.0639. The number of halogens is 1. The average Bonchev–Trinajstić information content (AvgIpc) is 2.82. The third-order valence-electron chi connectivity index (χ3n) is 2.85. The van der Waals surface area contributed by atoms with E-state index in [1.807, 2.05) is 0 Å². The first-order valence-corrected chi connectivity index (χ1v) is 8.10. The van der Waals surface area contributed by atoms with Gasteiger partial charge in [-0.05, 0) is 41.1 Å². The highest BCUT2D eigenvalue weighted by molar-refractivity contribution is 9.10. The van der Waals surface area contributed by atoms with Crippen molar-refractivity contribution in [1.82, 2.24) is 14.9 Å². The molecule has 2 rings (SSSR count). The van der Waals surface area contributed by atoms with E-state index in [2.05, 4.69) is 30.8 Å². The van der Waals surface area contributed by atoms with E-state index in [0.29, 0.717) is 10.0 Å². The molecule has 21 heavy (non-hydrogen) atoms. The maximum absolute atomic E-state index is 12.3. The van der Waals surface area contributed by atoms with Crippen LogP contribution in [0.4, 0.5) is 0 Å². The molecule has 3 N–H and O–H groups in total. The number of carbonyl (C=O) groups is 1. The molecule has 112 valence electrons. The minimum atomic E-state index is -3.84. The van der Waals surface area contributed by atoms with E-state index in [1.54, 1.807) is 6.92 Å². The molecule has 0 aliphatic carbocycles. The van der Waals surface area contributed by atoms with Crippen LogP contribution in [0.3, 0.4) is 0 Å². The number of aromatic amines is 1. The van der Waals surface area contributed by atoms with Gasteiger partial charge in [0.2, 0.25) is 10.0 Å². The molecule has 0 amide bonds. The van der Waals surface area contributed by atoms with E-state index in [9.17, 15) is 13.2 Å². The molecule has 0 atom stereocenters. The molecule has 0 bridgehead atoms. The molecular weight excluding hydrogens is 362 g/mol. The smallest absolute Gasteiger partial charge is 0.335 e. The lowest BCUT2D eigenvalue weighted by Crippen LogP contribution is -2.24. The van der Waals surface area contributed by atoms with Gasteiger partial charge < -0.3 is 5.11 Å². The molecule has 0 unspecified atom stereocenters. The highest BCUT2D eigenvalue weighted by atomic mass is 79.9. The Kier molecular flexibility index (Phi) is 4.45. The van der Waals surface area contributed by atoms with Crippen molar-refractivity contribution in [3.05, 3.63) is 45.7 Å². The standard InChI is InChI=1S/C12H12BrN3O4S/c1-7-9(5-14-16-7)6-15-21(19,20)11-4-8(12(17)18)2-3-10(11)13/h2-5,15H,6H2,1H3,(H,14,16)(H,17,18). The predicted octanol–water partition coefficient (Wildman–Crippen LogP) is 1.66. The highest BCUT2D eigenvalue weighted by Crippen LogP contribution is 2.23. The number of hydrogen-bond acceptors (Lipinski definition) is 4. The number of nitrogens with zero attached hydrogens (tertiary/aromatic N) is 1. The summed E-state index contributed by atoms with van der Waals surface area (Å²) in [5, 5.41) is 15.5. The number of carboxylic acids is 1. The van der Waals surface area contributed by atoms with Crippen LogP contribution in [0.25, 0.3) is 0 Å². The lowest BCUT2D eigenvalue weighted by atomic mass is 10.2. The Hall–Kier alpha value is -1.71. The zero-order chi connectivity index (χ0) is 15.6. The van der Waals surface area contributed by atoms with Gasteiger partial charge in [0.05, 0.1) is 16.7 Å². The topological polar surface area (TPSA) is 112 Å². The summed E-state index contributed by atoms with van der Waals surface area (Å²) in [5.41, 5.74) is 1.37. The van der Waals surface area contributed by atoms with Crippen LogP contribution in [0.1, 0.15) is 21.6 Å². The van der Waals surface area contributed by atoms with Gasteiger partial charge in [-0.25, -0.2) is 17.9 Å². The largest absolute Gasteiger partial charge is 0.478 e. The molecule has 0 aliphatic rings. The van der Waals surface area contributed by atoms with Crippen molar-refractivity contribution in [3.63, 3.8) is 0 Å². The first-order chi connectivity index (χ1) is 9.81. The van der Waals surface area contributed by atoms with Gasteiger partial charge in [-0.15, -0.1) is 0 Å². The van der Waals surface area contributed by atoms with E-state index in [-0.39, 0.29) is 17.0 Å². The fourth-order valence-corrected chi connectivity index (χ4v) is 3.64. The number of H-pyrrole nitrogens is 1. The van der Waals surface area contributed by atoms with E-state index in [1.165, 1.54) is 18.3 Å². The number of benzene rings is 1. The van der Waals surface area contributed by atoms with Crippen molar-refractivity contribution in [1.29, 1.82) is 0 Å². The summed E-state index contributed by atoms with van der Waals surface area (Å²) in [6, 6.07) is 3.82. The Morgan fingerprint density at radius 2 is 2.19 bits per heavy atom. The number of nitrogens with one attached hydrogen (secondary N) is 2. The molecule has 0 radical (unpaired) electrons. The number of aryl methyl sites for hydroxylation is 1. The molecule has 7 nitrogen and oxygen atoms in total. The van der Waals surface area contributed by atoms with E-state index in [0.717, 1.165) is 11.8 Å². The van der Waals surface area contributed by atoms with Gasteiger partial charge in [0, 0.05) is 22.3 Å². The molecule has 2 aromatic rings. The second-order valence-corrected chi connectivity index (χ2v) is 6.88. The van der Waals surface area contributed by atoms with Crippen LogP contribution in [0.5, 0.6) is 0 Å².